The molecule has 0 bridgehead atoms. The Kier molecular flexibility index (Phi) is 3.81. The first-order valence-electron chi connectivity index (χ1n) is 6.80. The van der Waals surface area contributed by atoms with Gasteiger partial charge in [0.1, 0.15) is 5.75 Å². The third kappa shape index (κ3) is 2.47. The number of para-hydroxylation sites is 1. The second-order valence-corrected chi connectivity index (χ2v) is 5.27. The molecular weight excluding hydrogens is 272 g/mol. The normalized spacial score (nSPS) is 15.3. The van der Waals surface area contributed by atoms with Crippen molar-refractivity contribution < 1.29 is 5.11 Å². The van der Waals surface area contributed by atoms with Crippen LogP contribution in [0, 0.1) is 0 Å². The van der Waals surface area contributed by atoms with Crippen molar-refractivity contribution in [3.63, 3.8) is 0 Å². The number of benzene rings is 2. The molecule has 4 heteroatoms. The Labute approximate surface area is 123 Å². The van der Waals surface area contributed by atoms with Crippen LogP contribution in [0.2, 0.25) is 5.02 Å². The molecular formula is C16H17ClN2O. The van der Waals surface area contributed by atoms with E-state index in [2.05, 4.69) is 10.2 Å². The van der Waals surface area contributed by atoms with Crippen molar-refractivity contribution in [1.82, 2.24) is 5.32 Å². The van der Waals surface area contributed by atoms with Gasteiger partial charge >= 0.3 is 0 Å². The number of hydrogen-bond acceptors (Lipinski definition) is 3. The molecule has 1 aliphatic rings. The van der Waals surface area contributed by atoms with E-state index in [1.807, 2.05) is 36.4 Å². The Morgan fingerprint density at radius 1 is 0.950 bits per heavy atom. The van der Waals surface area contributed by atoms with E-state index in [0.717, 1.165) is 43.0 Å². The molecule has 20 heavy (non-hydrogen) atoms. The van der Waals surface area contributed by atoms with Gasteiger partial charge in [0, 0.05) is 37.3 Å². The average Bonchev–Trinajstić information content (AvgIpc) is 2.49. The maximum atomic E-state index is 10.0. The number of piperazine rings is 1. The van der Waals surface area contributed by atoms with Gasteiger partial charge < -0.3 is 15.3 Å². The molecule has 0 aromatic heterocycles. The van der Waals surface area contributed by atoms with E-state index in [0.29, 0.717) is 5.02 Å². The van der Waals surface area contributed by atoms with Crippen LogP contribution in [0.5, 0.6) is 5.75 Å². The number of phenols is 1. The minimum atomic E-state index is 0.256. The highest BCUT2D eigenvalue weighted by Gasteiger charge is 2.17. The minimum absolute atomic E-state index is 0.256. The lowest BCUT2D eigenvalue weighted by Crippen LogP contribution is -2.43. The number of nitrogens with zero attached hydrogens (tertiary/aromatic N) is 1. The molecule has 2 aromatic rings. The number of aromatic hydroxyl groups is 1. The summed E-state index contributed by atoms with van der Waals surface area (Å²) in [6.07, 6.45) is 0. The van der Waals surface area contributed by atoms with Gasteiger partial charge in [-0.15, -0.1) is 0 Å². The molecule has 3 nitrogen and oxygen atoms in total. The van der Waals surface area contributed by atoms with E-state index in [9.17, 15) is 5.11 Å². The molecule has 0 atom stereocenters. The van der Waals surface area contributed by atoms with Gasteiger partial charge in [0.25, 0.3) is 0 Å². The fraction of sp³-hybridized carbons (Fsp3) is 0.250. The molecule has 1 aliphatic heterocycles. The van der Waals surface area contributed by atoms with Gasteiger partial charge in [-0.05, 0) is 12.1 Å². The summed E-state index contributed by atoms with van der Waals surface area (Å²) >= 11 is 6.58. The van der Waals surface area contributed by atoms with Gasteiger partial charge in [0.15, 0.2) is 0 Å². The van der Waals surface area contributed by atoms with E-state index in [4.69, 9.17) is 11.6 Å². The highest BCUT2D eigenvalue weighted by Crippen LogP contribution is 2.39. The number of phenolic OH excluding ortho intramolecular Hbond substituents is 1. The third-order valence-corrected chi connectivity index (χ3v) is 4.03. The summed E-state index contributed by atoms with van der Waals surface area (Å²) in [4.78, 5) is 2.28. The molecule has 0 spiro atoms. The van der Waals surface area contributed by atoms with Crippen molar-refractivity contribution in [3.8, 4) is 16.9 Å². The number of hydrogen-bond donors (Lipinski definition) is 2. The van der Waals surface area contributed by atoms with E-state index in [1.165, 1.54) is 0 Å². The van der Waals surface area contributed by atoms with Gasteiger partial charge in [-0.3, -0.25) is 0 Å². The predicted molar refractivity (Wildman–Crippen MR) is 83.6 cm³/mol. The smallest absolute Gasteiger partial charge is 0.123 e. The summed E-state index contributed by atoms with van der Waals surface area (Å²) in [5.41, 5.74) is 2.68. The summed E-state index contributed by atoms with van der Waals surface area (Å²) in [6, 6.07) is 13.3. The van der Waals surface area contributed by atoms with Gasteiger partial charge in [-0.25, -0.2) is 0 Å². The van der Waals surface area contributed by atoms with Crippen LogP contribution in [-0.4, -0.2) is 31.3 Å². The zero-order valence-corrected chi connectivity index (χ0v) is 11.9. The zero-order valence-electron chi connectivity index (χ0n) is 11.1. The molecule has 1 heterocycles. The number of anilines is 1. The average molecular weight is 289 g/mol. The van der Waals surface area contributed by atoms with Crippen LogP contribution in [0.1, 0.15) is 0 Å². The Morgan fingerprint density at radius 3 is 2.40 bits per heavy atom. The highest BCUT2D eigenvalue weighted by atomic mass is 35.5. The predicted octanol–water partition coefficient (Wildman–Crippen LogP) is 3.12. The van der Waals surface area contributed by atoms with E-state index < -0.39 is 0 Å². The van der Waals surface area contributed by atoms with Crippen LogP contribution in [0.25, 0.3) is 11.1 Å². The van der Waals surface area contributed by atoms with Gasteiger partial charge in [-0.2, -0.15) is 0 Å². The summed E-state index contributed by atoms with van der Waals surface area (Å²) in [6.45, 7) is 3.84. The third-order valence-electron chi connectivity index (χ3n) is 3.63. The maximum Gasteiger partial charge on any atom is 0.123 e. The van der Waals surface area contributed by atoms with E-state index in [1.54, 1.807) is 6.07 Å². The van der Waals surface area contributed by atoms with Crippen molar-refractivity contribution in [2.24, 2.45) is 0 Å². The molecule has 0 aliphatic carbocycles. The van der Waals surface area contributed by atoms with Crippen LogP contribution in [0.4, 0.5) is 5.69 Å². The minimum Gasteiger partial charge on any atom is -0.507 e. The fourth-order valence-corrected chi connectivity index (χ4v) is 2.93. The molecule has 104 valence electrons. The number of nitrogens with one attached hydrogen (secondary N) is 1. The second kappa shape index (κ2) is 5.73. The molecule has 0 unspecified atom stereocenters. The first kappa shape index (κ1) is 13.3. The lowest BCUT2D eigenvalue weighted by Gasteiger charge is -2.30. The van der Waals surface area contributed by atoms with E-state index in [-0.39, 0.29) is 5.75 Å². The van der Waals surface area contributed by atoms with Crippen LogP contribution in [0.3, 0.4) is 0 Å². The molecule has 0 amide bonds. The van der Waals surface area contributed by atoms with Crippen molar-refractivity contribution >= 4 is 17.3 Å². The standard InChI is InChI=1S/C16H17ClN2O/c17-16-13(12-4-1-2-7-15(12)20)5-3-6-14(16)19-10-8-18-9-11-19/h1-7,18,20H,8-11H2. The summed E-state index contributed by atoms with van der Waals surface area (Å²) in [5, 5.41) is 14.0. The first-order chi connectivity index (χ1) is 9.77. The van der Waals surface area contributed by atoms with Crippen molar-refractivity contribution in [3.05, 3.63) is 47.5 Å². The first-order valence-corrected chi connectivity index (χ1v) is 7.18. The monoisotopic (exact) mass is 288 g/mol. The molecule has 3 rings (SSSR count). The molecule has 0 saturated carbocycles. The molecule has 2 N–H and O–H groups in total. The molecule has 2 aromatic carbocycles. The van der Waals surface area contributed by atoms with Crippen LogP contribution >= 0.6 is 11.6 Å². The van der Waals surface area contributed by atoms with Crippen LogP contribution in [0.15, 0.2) is 42.5 Å². The Morgan fingerprint density at radius 2 is 1.65 bits per heavy atom. The number of rotatable bonds is 2. The molecule has 1 saturated heterocycles. The Balaban J connectivity index is 2.03. The van der Waals surface area contributed by atoms with Gasteiger partial charge in [-0.1, -0.05) is 41.9 Å². The molecule has 0 radical (unpaired) electrons. The van der Waals surface area contributed by atoms with E-state index >= 15 is 0 Å². The fourth-order valence-electron chi connectivity index (χ4n) is 2.58. The van der Waals surface area contributed by atoms with Crippen molar-refractivity contribution in [2.45, 2.75) is 0 Å². The Bertz CT molecular complexity index is 609. The quantitative estimate of drug-likeness (QED) is 0.891. The van der Waals surface area contributed by atoms with Gasteiger partial charge in [0.05, 0.1) is 10.7 Å². The van der Waals surface area contributed by atoms with Gasteiger partial charge in [0.2, 0.25) is 0 Å². The lowest BCUT2D eigenvalue weighted by atomic mass is 10.0. The second-order valence-electron chi connectivity index (χ2n) is 4.89. The SMILES string of the molecule is Oc1ccccc1-c1cccc(N2CCNCC2)c1Cl. The lowest BCUT2D eigenvalue weighted by molar-refractivity contribution is 0.477. The number of halogens is 1. The van der Waals surface area contributed by atoms with Crippen LogP contribution < -0.4 is 10.2 Å². The largest absolute Gasteiger partial charge is 0.507 e. The zero-order chi connectivity index (χ0) is 13.9. The Hall–Kier alpha value is -1.71. The van der Waals surface area contributed by atoms with Crippen molar-refractivity contribution in [2.75, 3.05) is 31.1 Å². The topological polar surface area (TPSA) is 35.5 Å². The summed E-state index contributed by atoms with van der Waals surface area (Å²) in [7, 11) is 0. The molecule has 1 fully saturated rings. The van der Waals surface area contributed by atoms with Crippen molar-refractivity contribution in [1.29, 1.82) is 0 Å². The summed E-state index contributed by atoms with van der Waals surface area (Å²) < 4.78 is 0. The maximum absolute atomic E-state index is 10.0. The highest BCUT2D eigenvalue weighted by molar-refractivity contribution is 6.36. The summed E-state index contributed by atoms with van der Waals surface area (Å²) in [5.74, 6) is 0.256. The van der Waals surface area contributed by atoms with Crippen LogP contribution in [-0.2, 0) is 0 Å².